The van der Waals surface area contributed by atoms with Crippen LogP contribution < -0.4 is 10.6 Å². The zero-order chi connectivity index (χ0) is 8.39. The first-order chi connectivity index (χ1) is 5.90. The zero-order valence-corrected chi connectivity index (χ0v) is 10.4. The van der Waals surface area contributed by atoms with E-state index >= 15 is 0 Å². The Morgan fingerprint density at radius 3 is 3.08 bits per heavy atom. The molecule has 0 amide bonds. The molecule has 0 radical (unpaired) electrons. The average molecular weight is 295 g/mol. The van der Waals surface area contributed by atoms with Gasteiger partial charge in [-0.15, -0.1) is 24.0 Å². The van der Waals surface area contributed by atoms with Crippen LogP contribution >= 0.6 is 24.0 Å². The number of nitrogens with zero attached hydrogens (tertiary/aromatic N) is 1. The second-order valence-electron chi connectivity index (χ2n) is 3.69. The van der Waals surface area contributed by atoms with Crippen molar-refractivity contribution in [2.75, 3.05) is 13.1 Å². The van der Waals surface area contributed by atoms with Crippen LogP contribution in [0.5, 0.6) is 0 Å². The van der Waals surface area contributed by atoms with Gasteiger partial charge in [0.25, 0.3) is 0 Å². The SMILES string of the molecule is CCC[C@@H]1C[C@H]1NC1=NCCN1.I. The van der Waals surface area contributed by atoms with E-state index in [4.69, 9.17) is 0 Å². The fourth-order valence-electron chi connectivity index (χ4n) is 1.78. The molecular formula is C9H18IN3. The number of aliphatic imine (C=N–C) groups is 1. The minimum absolute atomic E-state index is 0. The predicted octanol–water partition coefficient (Wildman–Crippen LogP) is 1.34. The molecule has 1 fully saturated rings. The summed E-state index contributed by atoms with van der Waals surface area (Å²) in [5.74, 6) is 1.94. The van der Waals surface area contributed by atoms with E-state index in [1.54, 1.807) is 0 Å². The summed E-state index contributed by atoms with van der Waals surface area (Å²) < 4.78 is 0. The molecule has 0 unspecified atom stereocenters. The first-order valence-corrected chi connectivity index (χ1v) is 4.95. The quantitative estimate of drug-likeness (QED) is 0.771. The van der Waals surface area contributed by atoms with E-state index in [0.29, 0.717) is 6.04 Å². The third-order valence-corrected chi connectivity index (χ3v) is 2.58. The number of guanidine groups is 1. The van der Waals surface area contributed by atoms with Crippen molar-refractivity contribution in [3.8, 4) is 0 Å². The second-order valence-corrected chi connectivity index (χ2v) is 3.69. The van der Waals surface area contributed by atoms with Crippen molar-refractivity contribution in [2.45, 2.75) is 32.2 Å². The van der Waals surface area contributed by atoms with Crippen molar-refractivity contribution in [3.63, 3.8) is 0 Å². The van der Waals surface area contributed by atoms with Crippen LogP contribution in [0.1, 0.15) is 26.2 Å². The van der Waals surface area contributed by atoms with Gasteiger partial charge in [-0.3, -0.25) is 4.99 Å². The van der Waals surface area contributed by atoms with Gasteiger partial charge in [0.15, 0.2) is 5.96 Å². The minimum Gasteiger partial charge on any atom is -0.355 e. The molecule has 0 aromatic carbocycles. The highest BCUT2D eigenvalue weighted by atomic mass is 127. The summed E-state index contributed by atoms with van der Waals surface area (Å²) in [6.07, 6.45) is 4.02. The van der Waals surface area contributed by atoms with Crippen LogP contribution in [0.15, 0.2) is 4.99 Å². The van der Waals surface area contributed by atoms with Gasteiger partial charge >= 0.3 is 0 Å². The molecule has 13 heavy (non-hydrogen) atoms. The molecule has 0 saturated heterocycles. The van der Waals surface area contributed by atoms with Crippen molar-refractivity contribution in [3.05, 3.63) is 0 Å². The first-order valence-electron chi connectivity index (χ1n) is 4.95. The minimum atomic E-state index is 0. The Bertz CT molecular complexity index is 193. The topological polar surface area (TPSA) is 36.4 Å². The summed E-state index contributed by atoms with van der Waals surface area (Å²) in [4.78, 5) is 4.30. The van der Waals surface area contributed by atoms with E-state index in [1.165, 1.54) is 19.3 Å². The maximum atomic E-state index is 4.30. The molecule has 1 aliphatic carbocycles. The highest BCUT2D eigenvalue weighted by molar-refractivity contribution is 14.0. The molecule has 2 N–H and O–H groups in total. The van der Waals surface area contributed by atoms with Gasteiger partial charge in [-0.1, -0.05) is 13.3 Å². The summed E-state index contributed by atoms with van der Waals surface area (Å²) in [5.41, 5.74) is 0. The van der Waals surface area contributed by atoms with Gasteiger partial charge in [-0.2, -0.15) is 0 Å². The van der Waals surface area contributed by atoms with E-state index < -0.39 is 0 Å². The third kappa shape index (κ3) is 3.00. The van der Waals surface area contributed by atoms with E-state index in [-0.39, 0.29) is 24.0 Å². The fourth-order valence-corrected chi connectivity index (χ4v) is 1.78. The number of hydrogen-bond acceptors (Lipinski definition) is 3. The van der Waals surface area contributed by atoms with E-state index in [9.17, 15) is 0 Å². The third-order valence-electron chi connectivity index (χ3n) is 2.58. The van der Waals surface area contributed by atoms with E-state index in [2.05, 4.69) is 22.5 Å². The molecule has 3 nitrogen and oxygen atoms in total. The van der Waals surface area contributed by atoms with Crippen LogP contribution in [0.4, 0.5) is 0 Å². The van der Waals surface area contributed by atoms with Crippen LogP contribution in [-0.2, 0) is 0 Å². The molecule has 1 saturated carbocycles. The normalized spacial score (nSPS) is 30.1. The molecule has 0 spiro atoms. The van der Waals surface area contributed by atoms with Crippen molar-refractivity contribution < 1.29 is 0 Å². The van der Waals surface area contributed by atoms with Gasteiger partial charge in [0, 0.05) is 12.6 Å². The second kappa shape index (κ2) is 5.02. The summed E-state index contributed by atoms with van der Waals surface area (Å²) in [6, 6.07) is 0.717. The fraction of sp³-hybridized carbons (Fsp3) is 0.889. The molecular weight excluding hydrogens is 277 g/mol. The van der Waals surface area contributed by atoms with Crippen LogP contribution in [-0.4, -0.2) is 25.1 Å². The molecule has 4 heteroatoms. The Hall–Kier alpha value is 0. The Morgan fingerprint density at radius 1 is 1.62 bits per heavy atom. The lowest BCUT2D eigenvalue weighted by Crippen LogP contribution is -2.35. The van der Waals surface area contributed by atoms with Crippen LogP contribution in [0.25, 0.3) is 0 Å². The maximum absolute atomic E-state index is 4.30. The lowest BCUT2D eigenvalue weighted by molar-refractivity contribution is 0.659. The molecule has 1 heterocycles. The van der Waals surface area contributed by atoms with Crippen molar-refractivity contribution in [1.82, 2.24) is 10.6 Å². The highest BCUT2D eigenvalue weighted by Gasteiger charge is 2.36. The standard InChI is InChI=1S/C9H17N3.HI/c1-2-3-7-6-8(7)12-9-10-4-5-11-9;/h7-8H,2-6H2,1H3,(H2,10,11,12);1H/t7-,8-;/m1./s1. The lowest BCUT2D eigenvalue weighted by atomic mass is 10.2. The summed E-state index contributed by atoms with van der Waals surface area (Å²) >= 11 is 0. The summed E-state index contributed by atoms with van der Waals surface area (Å²) in [5, 5.41) is 6.66. The van der Waals surface area contributed by atoms with Gasteiger partial charge in [0.2, 0.25) is 0 Å². The van der Waals surface area contributed by atoms with Crippen molar-refractivity contribution in [1.29, 1.82) is 0 Å². The Kier molecular flexibility index (Phi) is 4.28. The van der Waals surface area contributed by atoms with Gasteiger partial charge in [-0.25, -0.2) is 0 Å². The molecule has 0 bridgehead atoms. The number of rotatable bonds is 3. The molecule has 2 atom stereocenters. The number of nitrogens with one attached hydrogen (secondary N) is 2. The molecule has 76 valence electrons. The van der Waals surface area contributed by atoms with E-state index in [0.717, 1.165) is 25.0 Å². The predicted molar refractivity (Wildman–Crippen MR) is 65.7 cm³/mol. The number of hydrogen-bond donors (Lipinski definition) is 2. The number of halogens is 1. The van der Waals surface area contributed by atoms with Crippen molar-refractivity contribution in [2.24, 2.45) is 10.9 Å². The Morgan fingerprint density at radius 2 is 2.46 bits per heavy atom. The summed E-state index contributed by atoms with van der Waals surface area (Å²) in [6.45, 7) is 4.20. The van der Waals surface area contributed by atoms with Gasteiger partial charge in [-0.05, 0) is 18.8 Å². The maximum Gasteiger partial charge on any atom is 0.191 e. The first kappa shape index (κ1) is 11.1. The molecule has 2 aliphatic rings. The molecule has 1 aliphatic heterocycles. The monoisotopic (exact) mass is 295 g/mol. The van der Waals surface area contributed by atoms with E-state index in [1.807, 2.05) is 0 Å². The zero-order valence-electron chi connectivity index (χ0n) is 8.05. The van der Waals surface area contributed by atoms with Gasteiger partial charge in [0.1, 0.15) is 0 Å². The largest absolute Gasteiger partial charge is 0.355 e. The Balaban J connectivity index is 0.000000845. The van der Waals surface area contributed by atoms with Crippen LogP contribution in [0.2, 0.25) is 0 Å². The van der Waals surface area contributed by atoms with Crippen LogP contribution in [0, 0.1) is 5.92 Å². The lowest BCUT2D eigenvalue weighted by Gasteiger charge is -2.04. The van der Waals surface area contributed by atoms with Crippen LogP contribution in [0.3, 0.4) is 0 Å². The molecule has 0 aromatic heterocycles. The van der Waals surface area contributed by atoms with Gasteiger partial charge < -0.3 is 10.6 Å². The Labute approximate surface area is 96.8 Å². The molecule has 2 rings (SSSR count). The van der Waals surface area contributed by atoms with Gasteiger partial charge in [0.05, 0.1) is 6.54 Å². The summed E-state index contributed by atoms with van der Waals surface area (Å²) in [7, 11) is 0. The smallest absolute Gasteiger partial charge is 0.191 e. The van der Waals surface area contributed by atoms with Crippen molar-refractivity contribution >= 4 is 29.9 Å². The average Bonchev–Trinajstić information content (AvgIpc) is 2.62. The molecule has 0 aromatic rings. The highest BCUT2D eigenvalue weighted by Crippen LogP contribution is 2.34.